The van der Waals surface area contributed by atoms with Crippen LogP contribution >= 0.6 is 12.4 Å². The Morgan fingerprint density at radius 2 is 2.11 bits per heavy atom. The first kappa shape index (κ1) is 16.8. The fourth-order valence-electron chi connectivity index (χ4n) is 3.45. The maximum atomic E-state index is 11.9. The lowest BCUT2D eigenvalue weighted by Gasteiger charge is -2.27. The summed E-state index contributed by atoms with van der Waals surface area (Å²) in [6, 6.07) is 0. The van der Waals surface area contributed by atoms with E-state index in [1.165, 1.54) is 38.5 Å². The molecule has 0 aromatic carbocycles. The highest BCUT2D eigenvalue weighted by molar-refractivity contribution is 5.85. The number of rotatable bonds is 6. The molecule has 1 atom stereocenters. The number of hydrogen-bond acceptors (Lipinski definition) is 2. The van der Waals surface area contributed by atoms with E-state index in [4.69, 9.17) is 0 Å². The molecule has 112 valence electrons. The van der Waals surface area contributed by atoms with Crippen LogP contribution in [0, 0.1) is 11.3 Å². The molecule has 2 N–H and O–H groups in total. The lowest BCUT2D eigenvalue weighted by molar-refractivity contribution is -0.121. The second-order valence-electron chi connectivity index (χ2n) is 6.23. The predicted octanol–water partition coefficient (Wildman–Crippen LogP) is 2.88. The average Bonchev–Trinajstić information content (AvgIpc) is 3.06. The van der Waals surface area contributed by atoms with Crippen LogP contribution in [0.15, 0.2) is 0 Å². The Morgan fingerprint density at radius 1 is 1.37 bits per heavy atom. The summed E-state index contributed by atoms with van der Waals surface area (Å²) in [5, 5.41) is 6.54. The molecule has 2 aliphatic rings. The van der Waals surface area contributed by atoms with Crippen molar-refractivity contribution >= 4 is 18.3 Å². The van der Waals surface area contributed by atoms with Crippen molar-refractivity contribution in [2.75, 3.05) is 19.6 Å². The van der Waals surface area contributed by atoms with E-state index in [1.807, 2.05) is 0 Å². The summed E-state index contributed by atoms with van der Waals surface area (Å²) in [5.41, 5.74) is 0.421. The van der Waals surface area contributed by atoms with Gasteiger partial charge in [-0.15, -0.1) is 12.4 Å². The molecule has 1 aliphatic carbocycles. The topological polar surface area (TPSA) is 41.1 Å². The van der Waals surface area contributed by atoms with Crippen molar-refractivity contribution in [2.24, 2.45) is 11.3 Å². The molecule has 0 radical (unpaired) electrons. The molecule has 1 heterocycles. The minimum atomic E-state index is 0. The van der Waals surface area contributed by atoms with Crippen LogP contribution in [-0.4, -0.2) is 25.5 Å². The maximum Gasteiger partial charge on any atom is 0.220 e. The Balaban J connectivity index is 0.00000180. The summed E-state index contributed by atoms with van der Waals surface area (Å²) in [6.45, 7) is 5.41. The van der Waals surface area contributed by atoms with Crippen LogP contribution < -0.4 is 10.6 Å². The number of halogens is 1. The van der Waals surface area contributed by atoms with Crippen LogP contribution in [0.4, 0.5) is 0 Å². The Morgan fingerprint density at radius 3 is 2.68 bits per heavy atom. The van der Waals surface area contributed by atoms with E-state index in [9.17, 15) is 4.79 Å². The smallest absolute Gasteiger partial charge is 0.220 e. The van der Waals surface area contributed by atoms with E-state index in [-0.39, 0.29) is 18.3 Å². The zero-order valence-electron chi connectivity index (χ0n) is 12.2. The van der Waals surface area contributed by atoms with Gasteiger partial charge in [0.2, 0.25) is 5.91 Å². The third kappa shape index (κ3) is 4.96. The van der Waals surface area contributed by atoms with Crippen LogP contribution in [0.25, 0.3) is 0 Å². The second kappa shape index (κ2) is 8.11. The minimum Gasteiger partial charge on any atom is -0.356 e. The van der Waals surface area contributed by atoms with E-state index < -0.39 is 0 Å². The molecule has 19 heavy (non-hydrogen) atoms. The predicted molar refractivity (Wildman–Crippen MR) is 81.7 cm³/mol. The minimum absolute atomic E-state index is 0. The fraction of sp³-hybridized carbons (Fsp3) is 0.933. The molecule has 1 saturated heterocycles. The van der Waals surface area contributed by atoms with Crippen molar-refractivity contribution in [3.05, 3.63) is 0 Å². The van der Waals surface area contributed by atoms with Gasteiger partial charge in [-0.25, -0.2) is 0 Å². The van der Waals surface area contributed by atoms with Crippen LogP contribution in [-0.2, 0) is 4.79 Å². The van der Waals surface area contributed by atoms with Crippen molar-refractivity contribution in [1.82, 2.24) is 10.6 Å². The first-order valence-electron chi connectivity index (χ1n) is 7.71. The van der Waals surface area contributed by atoms with Crippen molar-refractivity contribution in [2.45, 2.75) is 58.3 Å². The van der Waals surface area contributed by atoms with Gasteiger partial charge in [0.15, 0.2) is 0 Å². The fourth-order valence-corrected chi connectivity index (χ4v) is 3.45. The zero-order valence-corrected chi connectivity index (χ0v) is 13.0. The largest absolute Gasteiger partial charge is 0.356 e. The molecule has 1 aliphatic heterocycles. The molecule has 1 amide bonds. The monoisotopic (exact) mass is 288 g/mol. The average molecular weight is 289 g/mol. The summed E-state index contributed by atoms with van der Waals surface area (Å²) in [7, 11) is 0. The van der Waals surface area contributed by atoms with Crippen LogP contribution in [0.2, 0.25) is 0 Å². The second-order valence-corrected chi connectivity index (χ2v) is 6.23. The van der Waals surface area contributed by atoms with Gasteiger partial charge in [-0.2, -0.15) is 0 Å². The van der Waals surface area contributed by atoms with Crippen LogP contribution in [0.3, 0.4) is 0 Å². The third-order valence-electron chi connectivity index (χ3n) is 5.02. The molecule has 0 aromatic heterocycles. The first-order chi connectivity index (χ1) is 8.74. The normalized spacial score (nSPS) is 25.0. The van der Waals surface area contributed by atoms with Crippen molar-refractivity contribution in [3.8, 4) is 0 Å². The number of nitrogens with one attached hydrogen (secondary N) is 2. The summed E-state index contributed by atoms with van der Waals surface area (Å²) < 4.78 is 0. The van der Waals surface area contributed by atoms with E-state index in [1.54, 1.807) is 0 Å². The number of amides is 1. The van der Waals surface area contributed by atoms with Crippen LogP contribution in [0.1, 0.15) is 58.3 Å². The molecule has 1 unspecified atom stereocenters. The van der Waals surface area contributed by atoms with Gasteiger partial charge in [-0.1, -0.05) is 19.8 Å². The van der Waals surface area contributed by atoms with Gasteiger partial charge in [-0.3, -0.25) is 4.79 Å². The van der Waals surface area contributed by atoms with Crippen molar-refractivity contribution in [3.63, 3.8) is 0 Å². The van der Waals surface area contributed by atoms with Gasteiger partial charge in [0.05, 0.1) is 0 Å². The quantitative estimate of drug-likeness (QED) is 0.789. The molecule has 2 fully saturated rings. The van der Waals surface area contributed by atoms with E-state index >= 15 is 0 Å². The van der Waals surface area contributed by atoms with Gasteiger partial charge in [0.1, 0.15) is 0 Å². The van der Waals surface area contributed by atoms with Gasteiger partial charge in [-0.05, 0) is 56.5 Å². The molecular weight excluding hydrogens is 260 g/mol. The Kier molecular flexibility index (Phi) is 7.16. The highest BCUT2D eigenvalue weighted by atomic mass is 35.5. The molecule has 4 heteroatoms. The highest BCUT2D eigenvalue weighted by Crippen LogP contribution is 2.40. The Bertz CT molecular complexity index is 271. The molecule has 0 aromatic rings. The van der Waals surface area contributed by atoms with Crippen molar-refractivity contribution in [1.29, 1.82) is 0 Å². The van der Waals surface area contributed by atoms with E-state index in [0.29, 0.717) is 11.8 Å². The summed E-state index contributed by atoms with van der Waals surface area (Å²) in [6.07, 6.45) is 9.51. The van der Waals surface area contributed by atoms with Gasteiger partial charge >= 0.3 is 0 Å². The first-order valence-corrected chi connectivity index (χ1v) is 7.71. The summed E-state index contributed by atoms with van der Waals surface area (Å²) in [4.78, 5) is 11.9. The van der Waals surface area contributed by atoms with Gasteiger partial charge in [0.25, 0.3) is 0 Å². The lowest BCUT2D eigenvalue weighted by Crippen LogP contribution is -2.35. The van der Waals surface area contributed by atoms with E-state index in [2.05, 4.69) is 17.6 Å². The molecule has 1 saturated carbocycles. The lowest BCUT2D eigenvalue weighted by atomic mass is 9.83. The zero-order chi connectivity index (χ0) is 12.8. The molecule has 0 spiro atoms. The number of carbonyl (C=O) groups is 1. The maximum absolute atomic E-state index is 11.9. The Labute approximate surface area is 123 Å². The van der Waals surface area contributed by atoms with Gasteiger partial charge in [0, 0.05) is 13.0 Å². The van der Waals surface area contributed by atoms with E-state index in [0.717, 1.165) is 32.0 Å². The summed E-state index contributed by atoms with van der Waals surface area (Å²) in [5.74, 6) is 0.990. The molecule has 3 nitrogen and oxygen atoms in total. The molecular formula is C15H29ClN2O. The van der Waals surface area contributed by atoms with Crippen molar-refractivity contribution < 1.29 is 4.79 Å². The molecule has 0 bridgehead atoms. The highest BCUT2D eigenvalue weighted by Gasteiger charge is 2.32. The molecule has 2 rings (SSSR count). The van der Waals surface area contributed by atoms with Crippen LogP contribution in [0.5, 0.6) is 0 Å². The van der Waals surface area contributed by atoms with Gasteiger partial charge < -0.3 is 10.6 Å². The third-order valence-corrected chi connectivity index (χ3v) is 5.02. The summed E-state index contributed by atoms with van der Waals surface area (Å²) >= 11 is 0. The Hall–Kier alpha value is -0.280. The SMILES string of the molecule is CCC1(CNC(=O)CCC2CCNC2)CCCC1.Cl. The number of carbonyl (C=O) groups excluding carboxylic acids is 1. The standard InChI is InChI=1S/C15H28N2O.ClH/c1-2-15(8-3-4-9-15)12-17-14(18)6-5-13-7-10-16-11-13;/h13,16H,2-12H2,1H3,(H,17,18);1H. The number of hydrogen-bond donors (Lipinski definition) is 2.